The van der Waals surface area contributed by atoms with Crippen molar-refractivity contribution < 1.29 is 14.7 Å². The maximum absolute atomic E-state index is 10.0. The molecule has 0 aromatic rings. The van der Waals surface area contributed by atoms with Crippen molar-refractivity contribution in [3.8, 4) is 0 Å². The number of nitrogens with two attached hydrogens (primary N) is 1. The van der Waals surface area contributed by atoms with Gasteiger partial charge in [-0.1, -0.05) is 20.8 Å². The highest BCUT2D eigenvalue weighted by atomic mass is 16.4. The minimum atomic E-state index is -0.931. The average molecular weight is 189 g/mol. The maximum Gasteiger partial charge on any atom is 0.320 e. The molecule has 1 atom stereocenters. The summed E-state index contributed by atoms with van der Waals surface area (Å²) in [4.78, 5) is 19.4. The Labute approximate surface area is 79.1 Å². The van der Waals surface area contributed by atoms with E-state index in [-0.39, 0.29) is 5.92 Å². The zero-order chi connectivity index (χ0) is 10.9. The van der Waals surface area contributed by atoms with Gasteiger partial charge in [0.05, 0.1) is 0 Å². The average Bonchev–Trinajstić information content (AvgIpc) is 2.05. The van der Waals surface area contributed by atoms with E-state index in [1.807, 2.05) is 6.92 Å². The molecule has 0 heterocycles. The van der Waals surface area contributed by atoms with E-state index in [2.05, 4.69) is 0 Å². The first kappa shape index (κ1) is 14.6. The molecular formula is C9H19NO3. The Morgan fingerprint density at radius 1 is 1.54 bits per heavy atom. The molecule has 0 amide bonds. The van der Waals surface area contributed by atoms with Crippen molar-refractivity contribution in [2.75, 3.05) is 0 Å². The number of hydrogen-bond donors (Lipinski definition) is 2. The van der Waals surface area contributed by atoms with Crippen LogP contribution in [0.1, 0.15) is 33.6 Å². The second-order valence-corrected chi connectivity index (χ2v) is 3.06. The molecule has 0 fully saturated rings. The Bertz CT molecular complexity index is 146. The van der Waals surface area contributed by atoms with Crippen LogP contribution >= 0.6 is 0 Å². The zero-order valence-corrected chi connectivity index (χ0v) is 8.49. The number of carbonyl (C=O) groups is 2. The van der Waals surface area contributed by atoms with Crippen LogP contribution in [0.3, 0.4) is 0 Å². The van der Waals surface area contributed by atoms with Gasteiger partial charge in [0.2, 0.25) is 0 Å². The van der Waals surface area contributed by atoms with Gasteiger partial charge in [-0.15, -0.1) is 0 Å². The second-order valence-electron chi connectivity index (χ2n) is 3.06. The molecule has 0 aromatic carbocycles. The standard InChI is InChI=1S/C5H11NO2.C4H8O/c1-3(2)4(6)5(7)8;1-2-3-4-5/h3-4H,6H2,1-2H3,(H,7,8);4H,2-3H2,1H3/t4-;/m0./s1. The lowest BCUT2D eigenvalue weighted by Crippen LogP contribution is -2.34. The van der Waals surface area contributed by atoms with Crippen LogP contribution in [0, 0.1) is 5.92 Å². The highest BCUT2D eigenvalue weighted by Crippen LogP contribution is 1.96. The quantitative estimate of drug-likeness (QED) is 0.647. The van der Waals surface area contributed by atoms with Crippen LogP contribution in [0.15, 0.2) is 0 Å². The number of aldehydes is 1. The summed E-state index contributed by atoms with van der Waals surface area (Å²) in [7, 11) is 0. The molecule has 4 nitrogen and oxygen atoms in total. The minimum Gasteiger partial charge on any atom is -0.480 e. The summed E-state index contributed by atoms with van der Waals surface area (Å²) in [5, 5.41) is 8.23. The fourth-order valence-corrected chi connectivity index (χ4v) is 0.403. The van der Waals surface area contributed by atoms with Crippen molar-refractivity contribution in [3.63, 3.8) is 0 Å². The van der Waals surface area contributed by atoms with Crippen molar-refractivity contribution in [3.05, 3.63) is 0 Å². The molecule has 0 aromatic heterocycles. The summed E-state index contributed by atoms with van der Waals surface area (Å²) in [5.41, 5.74) is 5.16. The first-order valence-electron chi connectivity index (χ1n) is 4.39. The molecule has 3 N–H and O–H groups in total. The van der Waals surface area contributed by atoms with E-state index >= 15 is 0 Å². The number of rotatable bonds is 4. The SMILES string of the molecule is CC(C)[C@H](N)C(=O)O.CCCC=O. The second kappa shape index (κ2) is 9.19. The van der Waals surface area contributed by atoms with E-state index in [9.17, 15) is 9.59 Å². The molecule has 0 aliphatic rings. The van der Waals surface area contributed by atoms with Crippen molar-refractivity contribution in [2.24, 2.45) is 11.7 Å². The van der Waals surface area contributed by atoms with Crippen LogP contribution in [0.2, 0.25) is 0 Å². The Hall–Kier alpha value is -0.900. The van der Waals surface area contributed by atoms with Crippen molar-refractivity contribution >= 4 is 12.3 Å². The van der Waals surface area contributed by atoms with Crippen LogP contribution in [0.4, 0.5) is 0 Å². The Balaban J connectivity index is 0. The van der Waals surface area contributed by atoms with Gasteiger partial charge in [-0.2, -0.15) is 0 Å². The maximum atomic E-state index is 10.0. The van der Waals surface area contributed by atoms with E-state index in [1.54, 1.807) is 13.8 Å². The van der Waals surface area contributed by atoms with Gasteiger partial charge in [0.1, 0.15) is 12.3 Å². The summed E-state index contributed by atoms with van der Waals surface area (Å²) in [6, 6.07) is -0.713. The molecule has 0 saturated carbocycles. The van der Waals surface area contributed by atoms with Crippen LogP contribution in [0.5, 0.6) is 0 Å². The third-order valence-electron chi connectivity index (χ3n) is 1.41. The van der Waals surface area contributed by atoms with E-state index in [0.717, 1.165) is 12.7 Å². The lowest BCUT2D eigenvalue weighted by Gasteiger charge is -2.07. The van der Waals surface area contributed by atoms with Crippen LogP contribution in [-0.2, 0) is 9.59 Å². The van der Waals surface area contributed by atoms with E-state index < -0.39 is 12.0 Å². The van der Waals surface area contributed by atoms with Crippen LogP contribution in [0.25, 0.3) is 0 Å². The monoisotopic (exact) mass is 189 g/mol. The van der Waals surface area contributed by atoms with E-state index in [4.69, 9.17) is 10.8 Å². The number of carboxylic acids is 1. The van der Waals surface area contributed by atoms with Gasteiger partial charge in [-0.25, -0.2) is 0 Å². The predicted molar refractivity (Wildman–Crippen MR) is 51.4 cm³/mol. The lowest BCUT2D eigenvalue weighted by molar-refractivity contribution is -0.139. The number of carboxylic acid groups (broad SMARTS) is 1. The van der Waals surface area contributed by atoms with Gasteiger partial charge in [-0.05, 0) is 12.3 Å². The fraction of sp³-hybridized carbons (Fsp3) is 0.778. The van der Waals surface area contributed by atoms with E-state index in [0.29, 0.717) is 6.42 Å². The number of unbranched alkanes of at least 4 members (excludes halogenated alkanes) is 1. The summed E-state index contributed by atoms with van der Waals surface area (Å²) in [6.45, 7) is 5.53. The highest BCUT2D eigenvalue weighted by Gasteiger charge is 2.14. The van der Waals surface area contributed by atoms with Crippen molar-refractivity contribution in [1.29, 1.82) is 0 Å². The van der Waals surface area contributed by atoms with Crippen molar-refractivity contribution in [1.82, 2.24) is 0 Å². The van der Waals surface area contributed by atoms with Gasteiger partial charge in [-0.3, -0.25) is 4.79 Å². The van der Waals surface area contributed by atoms with Gasteiger partial charge < -0.3 is 15.6 Å². The molecule has 0 saturated heterocycles. The third-order valence-corrected chi connectivity index (χ3v) is 1.41. The predicted octanol–water partition coefficient (Wildman–Crippen LogP) is 1.04. The molecule has 0 rings (SSSR count). The molecule has 0 aliphatic carbocycles. The molecule has 0 radical (unpaired) electrons. The smallest absolute Gasteiger partial charge is 0.320 e. The first-order valence-corrected chi connectivity index (χ1v) is 4.39. The Morgan fingerprint density at radius 2 is 2.00 bits per heavy atom. The van der Waals surface area contributed by atoms with Gasteiger partial charge >= 0.3 is 5.97 Å². The Kier molecular flexibility index (Phi) is 10.3. The highest BCUT2D eigenvalue weighted by molar-refractivity contribution is 5.73. The van der Waals surface area contributed by atoms with Gasteiger partial charge in [0, 0.05) is 6.42 Å². The minimum absolute atomic E-state index is 0.0208. The molecule has 13 heavy (non-hydrogen) atoms. The fourth-order valence-electron chi connectivity index (χ4n) is 0.403. The number of aliphatic carboxylic acids is 1. The van der Waals surface area contributed by atoms with E-state index in [1.165, 1.54) is 0 Å². The molecule has 0 spiro atoms. The number of carbonyl (C=O) groups excluding carboxylic acids is 1. The number of hydrogen-bond acceptors (Lipinski definition) is 3. The van der Waals surface area contributed by atoms with Crippen molar-refractivity contribution in [2.45, 2.75) is 39.7 Å². The summed E-state index contributed by atoms with van der Waals surface area (Å²) >= 11 is 0. The summed E-state index contributed by atoms with van der Waals surface area (Å²) < 4.78 is 0. The third kappa shape index (κ3) is 11.1. The normalized spacial score (nSPS) is 11.5. The summed E-state index contributed by atoms with van der Waals surface area (Å²) in [5.74, 6) is -0.910. The van der Waals surface area contributed by atoms with Crippen LogP contribution < -0.4 is 5.73 Å². The lowest BCUT2D eigenvalue weighted by atomic mass is 10.1. The largest absolute Gasteiger partial charge is 0.480 e. The van der Waals surface area contributed by atoms with Gasteiger partial charge in [0.25, 0.3) is 0 Å². The molecule has 0 bridgehead atoms. The summed E-state index contributed by atoms with van der Waals surface area (Å²) in [6.07, 6.45) is 2.61. The Morgan fingerprint density at radius 3 is 2.00 bits per heavy atom. The zero-order valence-electron chi connectivity index (χ0n) is 8.49. The first-order chi connectivity index (χ1) is 5.97. The molecular weight excluding hydrogens is 170 g/mol. The molecule has 0 aliphatic heterocycles. The molecule has 4 heteroatoms. The molecule has 0 unspecified atom stereocenters. The topological polar surface area (TPSA) is 80.4 Å². The van der Waals surface area contributed by atoms with Crippen LogP contribution in [-0.4, -0.2) is 23.4 Å². The molecule has 78 valence electrons. The van der Waals surface area contributed by atoms with Gasteiger partial charge in [0.15, 0.2) is 0 Å².